The van der Waals surface area contributed by atoms with Crippen molar-refractivity contribution in [3.05, 3.63) is 0 Å². The summed E-state index contributed by atoms with van der Waals surface area (Å²) in [6.45, 7) is 1.81. The predicted molar refractivity (Wildman–Crippen MR) is 49.2 cm³/mol. The molecule has 1 spiro atoms. The van der Waals surface area contributed by atoms with Crippen molar-refractivity contribution in [2.75, 3.05) is 20.1 Å². The second kappa shape index (κ2) is 2.70. The van der Waals surface area contributed by atoms with Crippen LogP contribution in [0, 0.1) is 0 Å². The fourth-order valence-electron chi connectivity index (χ4n) is 1.87. The zero-order chi connectivity index (χ0) is 9.47. The fraction of sp³-hybridized carbons (Fsp3) is 0.750. The van der Waals surface area contributed by atoms with Gasteiger partial charge in [-0.1, -0.05) is 0 Å². The molecule has 1 amide bonds. The highest BCUT2D eigenvalue weighted by Gasteiger charge is 2.44. The number of hydrogen-bond acceptors (Lipinski definition) is 4. The molecule has 2 rings (SSSR count). The van der Waals surface area contributed by atoms with Gasteiger partial charge in [-0.05, 0) is 19.9 Å². The molecule has 72 valence electrons. The molecular formula is C8H14N4O. The third-order valence-electron chi connectivity index (χ3n) is 2.81. The number of amides is 1. The fourth-order valence-corrected chi connectivity index (χ4v) is 1.87. The molecule has 0 saturated carbocycles. The second-order valence-electron chi connectivity index (χ2n) is 3.79. The van der Waals surface area contributed by atoms with Crippen LogP contribution in [-0.4, -0.2) is 42.4 Å². The quantitative estimate of drug-likeness (QED) is 0.499. The average molecular weight is 182 g/mol. The Bertz CT molecular complexity index is 265. The Morgan fingerprint density at radius 1 is 1.54 bits per heavy atom. The summed E-state index contributed by atoms with van der Waals surface area (Å²) in [5.74, 6) is 0.243. The molecule has 5 heteroatoms. The van der Waals surface area contributed by atoms with Crippen LogP contribution in [0.1, 0.15) is 12.8 Å². The smallest absolute Gasteiger partial charge is 0.254 e. The average Bonchev–Trinajstić information content (AvgIpc) is 2.34. The molecular weight excluding hydrogens is 168 g/mol. The molecule has 3 N–H and O–H groups in total. The van der Waals surface area contributed by atoms with E-state index in [1.807, 2.05) is 7.05 Å². The van der Waals surface area contributed by atoms with Crippen LogP contribution >= 0.6 is 0 Å². The Balaban J connectivity index is 2.17. The van der Waals surface area contributed by atoms with E-state index in [2.05, 4.69) is 15.2 Å². The van der Waals surface area contributed by atoms with Crippen LogP contribution in [0.5, 0.6) is 0 Å². The number of hydrogen-bond donors (Lipinski definition) is 2. The molecule has 1 fully saturated rings. The van der Waals surface area contributed by atoms with Crippen LogP contribution in [0.2, 0.25) is 0 Å². The number of nitrogens with two attached hydrogens (primary N) is 1. The molecule has 0 aliphatic carbocycles. The molecule has 0 bridgehead atoms. The molecule has 2 aliphatic heterocycles. The first-order valence-electron chi connectivity index (χ1n) is 4.48. The molecule has 2 aliphatic rings. The van der Waals surface area contributed by atoms with Crippen molar-refractivity contribution in [2.24, 2.45) is 10.7 Å². The van der Waals surface area contributed by atoms with Gasteiger partial charge in [0.2, 0.25) is 0 Å². The summed E-state index contributed by atoms with van der Waals surface area (Å²) in [5, 5.41) is 2.56. The normalized spacial score (nSPS) is 27.5. The van der Waals surface area contributed by atoms with Crippen molar-refractivity contribution in [1.82, 2.24) is 10.2 Å². The first-order chi connectivity index (χ1) is 6.12. The van der Waals surface area contributed by atoms with Gasteiger partial charge in [0.05, 0.1) is 0 Å². The number of likely N-dealkylation sites (tertiary alicyclic amines) is 1. The van der Waals surface area contributed by atoms with Gasteiger partial charge in [0.25, 0.3) is 5.91 Å². The van der Waals surface area contributed by atoms with Gasteiger partial charge in [0, 0.05) is 13.1 Å². The molecule has 0 radical (unpaired) electrons. The molecule has 0 aromatic rings. The van der Waals surface area contributed by atoms with Crippen molar-refractivity contribution in [3.63, 3.8) is 0 Å². The lowest BCUT2D eigenvalue weighted by atomic mass is 9.88. The molecule has 0 unspecified atom stereocenters. The molecule has 13 heavy (non-hydrogen) atoms. The highest BCUT2D eigenvalue weighted by atomic mass is 16.2. The number of aliphatic imine (C=N–C) groups is 1. The Kier molecular flexibility index (Phi) is 1.76. The van der Waals surface area contributed by atoms with Crippen LogP contribution in [0.25, 0.3) is 0 Å². The largest absolute Gasteiger partial charge is 0.370 e. The van der Waals surface area contributed by atoms with Crippen LogP contribution in [0.3, 0.4) is 0 Å². The molecule has 0 aromatic heterocycles. The standard InChI is InChI=1S/C8H14N4O/c1-12-4-2-8(3-5-12)6(13)10-7(9)11-8/h2-5H2,1H3,(H3,9,10,11,13). The van der Waals surface area contributed by atoms with E-state index in [4.69, 9.17) is 5.73 Å². The molecule has 1 saturated heterocycles. The van der Waals surface area contributed by atoms with E-state index < -0.39 is 5.54 Å². The molecule has 0 aromatic carbocycles. The summed E-state index contributed by atoms with van der Waals surface area (Å²) >= 11 is 0. The number of piperidine rings is 1. The minimum absolute atomic E-state index is 0.0295. The van der Waals surface area contributed by atoms with Crippen LogP contribution in [0.15, 0.2) is 4.99 Å². The first-order valence-corrected chi connectivity index (χ1v) is 4.48. The van der Waals surface area contributed by atoms with Crippen molar-refractivity contribution in [1.29, 1.82) is 0 Å². The lowest BCUT2D eigenvalue weighted by Gasteiger charge is -2.32. The minimum Gasteiger partial charge on any atom is -0.370 e. The second-order valence-corrected chi connectivity index (χ2v) is 3.79. The van der Waals surface area contributed by atoms with E-state index in [0.717, 1.165) is 25.9 Å². The maximum Gasteiger partial charge on any atom is 0.254 e. The number of nitrogens with zero attached hydrogens (tertiary/aromatic N) is 2. The zero-order valence-electron chi connectivity index (χ0n) is 7.71. The van der Waals surface area contributed by atoms with Gasteiger partial charge in [0.15, 0.2) is 5.96 Å². The lowest BCUT2D eigenvalue weighted by molar-refractivity contribution is -0.125. The van der Waals surface area contributed by atoms with Crippen LogP contribution in [-0.2, 0) is 4.79 Å². The summed E-state index contributed by atoms with van der Waals surface area (Å²) in [6, 6.07) is 0. The van der Waals surface area contributed by atoms with Crippen molar-refractivity contribution in [3.8, 4) is 0 Å². The highest BCUT2D eigenvalue weighted by molar-refractivity contribution is 6.06. The van der Waals surface area contributed by atoms with Crippen LogP contribution in [0.4, 0.5) is 0 Å². The maximum atomic E-state index is 11.5. The Hall–Kier alpha value is -1.10. The summed E-state index contributed by atoms with van der Waals surface area (Å²) in [6.07, 6.45) is 1.55. The Labute approximate surface area is 77.0 Å². The molecule has 2 heterocycles. The molecule has 0 atom stereocenters. The summed E-state index contributed by atoms with van der Waals surface area (Å²) in [5.41, 5.74) is 4.92. The van der Waals surface area contributed by atoms with E-state index >= 15 is 0 Å². The van der Waals surface area contributed by atoms with Gasteiger partial charge in [-0.15, -0.1) is 0 Å². The van der Waals surface area contributed by atoms with Gasteiger partial charge < -0.3 is 10.6 Å². The van der Waals surface area contributed by atoms with Gasteiger partial charge >= 0.3 is 0 Å². The minimum atomic E-state index is -0.545. The van der Waals surface area contributed by atoms with Crippen molar-refractivity contribution >= 4 is 11.9 Å². The van der Waals surface area contributed by atoms with E-state index in [-0.39, 0.29) is 11.9 Å². The van der Waals surface area contributed by atoms with E-state index in [1.165, 1.54) is 0 Å². The van der Waals surface area contributed by atoms with Gasteiger partial charge in [-0.25, -0.2) is 4.99 Å². The number of carbonyl (C=O) groups excluding carboxylic acids is 1. The van der Waals surface area contributed by atoms with Crippen molar-refractivity contribution < 1.29 is 4.79 Å². The lowest BCUT2D eigenvalue weighted by Crippen LogP contribution is -2.48. The van der Waals surface area contributed by atoms with E-state index in [1.54, 1.807) is 0 Å². The molecule has 5 nitrogen and oxygen atoms in total. The number of rotatable bonds is 0. The Morgan fingerprint density at radius 3 is 2.62 bits per heavy atom. The van der Waals surface area contributed by atoms with Crippen LogP contribution < -0.4 is 11.1 Å². The summed E-state index contributed by atoms with van der Waals surface area (Å²) in [4.78, 5) is 17.9. The number of guanidine groups is 1. The highest BCUT2D eigenvalue weighted by Crippen LogP contribution is 2.28. The van der Waals surface area contributed by atoms with Gasteiger partial charge in [-0.2, -0.15) is 0 Å². The van der Waals surface area contributed by atoms with E-state index in [0.29, 0.717) is 0 Å². The number of carbonyl (C=O) groups is 1. The summed E-state index contributed by atoms with van der Waals surface area (Å²) < 4.78 is 0. The summed E-state index contributed by atoms with van der Waals surface area (Å²) in [7, 11) is 2.05. The topological polar surface area (TPSA) is 70.7 Å². The maximum absolute atomic E-state index is 11.5. The zero-order valence-corrected chi connectivity index (χ0v) is 7.71. The predicted octanol–water partition coefficient (Wildman–Crippen LogP) is -1.10. The van der Waals surface area contributed by atoms with Crippen molar-refractivity contribution in [2.45, 2.75) is 18.4 Å². The first kappa shape index (κ1) is 8.50. The van der Waals surface area contributed by atoms with E-state index in [9.17, 15) is 4.79 Å². The third kappa shape index (κ3) is 1.29. The van der Waals surface area contributed by atoms with Gasteiger partial charge in [-0.3, -0.25) is 10.1 Å². The monoisotopic (exact) mass is 182 g/mol. The SMILES string of the molecule is CN1CCC2(CC1)N=C(N)NC2=O. The number of nitrogens with one attached hydrogen (secondary N) is 1. The van der Waals surface area contributed by atoms with Gasteiger partial charge in [0.1, 0.15) is 5.54 Å². The third-order valence-corrected chi connectivity index (χ3v) is 2.81. The Morgan fingerprint density at radius 2 is 2.15 bits per heavy atom.